The first kappa shape index (κ1) is 12.1. The van der Waals surface area contributed by atoms with Crippen LogP contribution in [0.4, 0.5) is 5.95 Å². The van der Waals surface area contributed by atoms with Crippen LogP contribution in [0.1, 0.15) is 29.7 Å². The third-order valence-electron chi connectivity index (χ3n) is 2.52. The van der Waals surface area contributed by atoms with Gasteiger partial charge in [-0.2, -0.15) is 0 Å². The molecule has 17 heavy (non-hydrogen) atoms. The van der Waals surface area contributed by atoms with Crippen molar-refractivity contribution in [1.29, 1.82) is 0 Å². The van der Waals surface area contributed by atoms with Crippen molar-refractivity contribution < 1.29 is 0 Å². The maximum absolute atomic E-state index is 4.33. The number of hydrogen-bond donors (Lipinski definition) is 1. The van der Waals surface area contributed by atoms with Crippen LogP contribution in [0.2, 0.25) is 0 Å². The summed E-state index contributed by atoms with van der Waals surface area (Å²) in [6.45, 7) is 6.05. The molecule has 0 aromatic carbocycles. The Balaban J connectivity index is 1.98. The Hall–Kier alpha value is -1.36. The van der Waals surface area contributed by atoms with Gasteiger partial charge in [-0.05, 0) is 13.3 Å². The van der Waals surface area contributed by atoms with Gasteiger partial charge in [-0.3, -0.25) is 0 Å². The van der Waals surface area contributed by atoms with Crippen LogP contribution in [0.5, 0.6) is 0 Å². The molecule has 2 aromatic rings. The number of unbranched alkanes of at least 4 members (excludes halogenated alkanes) is 1. The summed E-state index contributed by atoms with van der Waals surface area (Å²) < 4.78 is 2.13. The normalized spacial score (nSPS) is 10.7. The van der Waals surface area contributed by atoms with E-state index in [-0.39, 0.29) is 0 Å². The van der Waals surface area contributed by atoms with E-state index in [0.717, 1.165) is 24.0 Å². The van der Waals surface area contributed by atoms with E-state index in [4.69, 9.17) is 0 Å². The summed E-state index contributed by atoms with van der Waals surface area (Å²) in [4.78, 5) is 9.86. The Morgan fingerprint density at radius 1 is 1.41 bits per heavy atom. The summed E-state index contributed by atoms with van der Waals surface area (Å²) >= 11 is 1.74. The third-order valence-corrected chi connectivity index (χ3v) is 3.42. The van der Waals surface area contributed by atoms with E-state index < -0.39 is 0 Å². The van der Waals surface area contributed by atoms with Crippen LogP contribution in [0.3, 0.4) is 0 Å². The number of imidazole rings is 1. The Kier molecular flexibility index (Phi) is 4.14. The zero-order valence-corrected chi connectivity index (χ0v) is 11.1. The van der Waals surface area contributed by atoms with E-state index in [2.05, 4.69) is 26.8 Å². The molecular formula is C12H18N4S. The first-order valence-electron chi connectivity index (χ1n) is 5.96. The molecule has 2 aromatic heterocycles. The molecule has 0 aliphatic carbocycles. The van der Waals surface area contributed by atoms with Gasteiger partial charge in [0, 0.05) is 30.0 Å². The molecule has 92 valence electrons. The maximum atomic E-state index is 4.33. The minimum atomic E-state index is 0.847. The first-order valence-corrected chi connectivity index (χ1v) is 6.77. The molecule has 0 aliphatic rings. The number of aryl methyl sites for hydroxylation is 1. The summed E-state index contributed by atoms with van der Waals surface area (Å²) in [5, 5.41) is 4.47. The number of anilines is 1. The molecule has 0 aliphatic heterocycles. The number of thiazole rings is 1. The van der Waals surface area contributed by atoms with Crippen molar-refractivity contribution in [2.75, 3.05) is 11.9 Å². The van der Waals surface area contributed by atoms with Gasteiger partial charge in [0.1, 0.15) is 0 Å². The highest BCUT2D eigenvalue weighted by Gasteiger charge is 2.04. The first-order chi connectivity index (χ1) is 8.29. The molecule has 1 N–H and O–H groups in total. The van der Waals surface area contributed by atoms with Crippen LogP contribution in [0, 0.1) is 6.92 Å². The average molecular weight is 250 g/mol. The molecular weight excluding hydrogens is 232 g/mol. The smallest absolute Gasteiger partial charge is 0.203 e. The second-order valence-corrected chi connectivity index (χ2v) is 5.32. The van der Waals surface area contributed by atoms with Gasteiger partial charge in [0.05, 0.1) is 11.6 Å². The molecule has 2 rings (SSSR count). The van der Waals surface area contributed by atoms with Crippen LogP contribution in [0.15, 0.2) is 18.6 Å². The molecule has 0 amide bonds. The number of nitrogens with zero attached hydrogens (tertiary/aromatic N) is 3. The molecule has 0 saturated heterocycles. The van der Waals surface area contributed by atoms with Gasteiger partial charge in [-0.15, -0.1) is 11.3 Å². The SMILES string of the molecule is CCCCNc1nccn1Cc1cnc(C)s1. The van der Waals surface area contributed by atoms with E-state index in [0.29, 0.717) is 0 Å². The van der Waals surface area contributed by atoms with Crippen molar-refractivity contribution in [2.45, 2.75) is 33.2 Å². The molecule has 0 saturated carbocycles. The molecule has 2 heterocycles. The van der Waals surface area contributed by atoms with Crippen molar-refractivity contribution in [3.8, 4) is 0 Å². The summed E-state index contributed by atoms with van der Waals surface area (Å²) in [6.07, 6.45) is 8.15. The average Bonchev–Trinajstić information content (AvgIpc) is 2.90. The Morgan fingerprint density at radius 3 is 3.00 bits per heavy atom. The monoisotopic (exact) mass is 250 g/mol. The molecule has 4 nitrogen and oxygen atoms in total. The molecule has 0 bridgehead atoms. The van der Waals surface area contributed by atoms with E-state index in [1.807, 2.05) is 25.5 Å². The van der Waals surface area contributed by atoms with Gasteiger partial charge in [-0.1, -0.05) is 13.3 Å². The summed E-state index contributed by atoms with van der Waals surface area (Å²) in [5.41, 5.74) is 0. The summed E-state index contributed by atoms with van der Waals surface area (Å²) in [7, 11) is 0. The standard InChI is InChI=1S/C12H18N4S/c1-3-4-5-13-12-14-6-7-16(12)9-11-8-15-10(2)17-11/h6-8H,3-5,9H2,1-2H3,(H,13,14). The molecule has 0 radical (unpaired) electrons. The predicted molar refractivity (Wildman–Crippen MR) is 71.6 cm³/mol. The third kappa shape index (κ3) is 3.30. The highest BCUT2D eigenvalue weighted by Crippen LogP contribution is 2.15. The van der Waals surface area contributed by atoms with E-state index in [1.54, 1.807) is 11.3 Å². The maximum Gasteiger partial charge on any atom is 0.203 e. The topological polar surface area (TPSA) is 42.7 Å². The lowest BCUT2D eigenvalue weighted by molar-refractivity contribution is 0.781. The van der Waals surface area contributed by atoms with Crippen LogP contribution in [-0.4, -0.2) is 21.1 Å². The zero-order valence-electron chi connectivity index (χ0n) is 10.3. The lowest BCUT2D eigenvalue weighted by atomic mass is 10.3. The van der Waals surface area contributed by atoms with Crippen LogP contribution < -0.4 is 5.32 Å². The van der Waals surface area contributed by atoms with Gasteiger partial charge < -0.3 is 9.88 Å². The molecule has 0 fully saturated rings. The highest BCUT2D eigenvalue weighted by molar-refractivity contribution is 7.11. The number of aromatic nitrogens is 3. The molecule has 0 unspecified atom stereocenters. The summed E-state index contributed by atoms with van der Waals surface area (Å²) in [5.74, 6) is 0.949. The molecule has 0 spiro atoms. The van der Waals surface area contributed by atoms with Crippen molar-refractivity contribution >= 4 is 17.3 Å². The molecule has 0 atom stereocenters. The number of hydrogen-bond acceptors (Lipinski definition) is 4. The predicted octanol–water partition coefficient (Wildman–Crippen LogP) is 2.91. The Morgan fingerprint density at radius 2 is 2.29 bits per heavy atom. The minimum Gasteiger partial charge on any atom is -0.356 e. The number of nitrogens with one attached hydrogen (secondary N) is 1. The quantitative estimate of drug-likeness (QED) is 0.802. The Labute approximate surface area is 106 Å². The van der Waals surface area contributed by atoms with Crippen molar-refractivity contribution in [1.82, 2.24) is 14.5 Å². The van der Waals surface area contributed by atoms with Gasteiger partial charge in [0.25, 0.3) is 0 Å². The van der Waals surface area contributed by atoms with Crippen LogP contribution in [-0.2, 0) is 6.54 Å². The Bertz CT molecular complexity index is 461. The van der Waals surface area contributed by atoms with Crippen LogP contribution in [0.25, 0.3) is 0 Å². The van der Waals surface area contributed by atoms with E-state index in [9.17, 15) is 0 Å². The van der Waals surface area contributed by atoms with Crippen molar-refractivity contribution in [3.05, 3.63) is 28.5 Å². The lowest BCUT2D eigenvalue weighted by Gasteiger charge is -2.07. The van der Waals surface area contributed by atoms with Gasteiger partial charge in [0.2, 0.25) is 5.95 Å². The molecule has 5 heteroatoms. The van der Waals surface area contributed by atoms with Crippen molar-refractivity contribution in [3.63, 3.8) is 0 Å². The van der Waals surface area contributed by atoms with E-state index >= 15 is 0 Å². The van der Waals surface area contributed by atoms with Gasteiger partial charge >= 0.3 is 0 Å². The minimum absolute atomic E-state index is 0.847. The summed E-state index contributed by atoms with van der Waals surface area (Å²) in [6, 6.07) is 0. The lowest BCUT2D eigenvalue weighted by Crippen LogP contribution is -2.08. The largest absolute Gasteiger partial charge is 0.356 e. The zero-order chi connectivity index (χ0) is 12.1. The fraction of sp³-hybridized carbons (Fsp3) is 0.500. The highest BCUT2D eigenvalue weighted by atomic mass is 32.1. The second kappa shape index (κ2) is 5.82. The van der Waals surface area contributed by atoms with E-state index in [1.165, 1.54) is 17.7 Å². The number of rotatable bonds is 6. The van der Waals surface area contributed by atoms with Gasteiger partial charge in [0.15, 0.2) is 0 Å². The van der Waals surface area contributed by atoms with Crippen LogP contribution >= 0.6 is 11.3 Å². The fourth-order valence-corrected chi connectivity index (χ4v) is 2.42. The fourth-order valence-electron chi connectivity index (χ4n) is 1.63. The second-order valence-electron chi connectivity index (χ2n) is 4.00. The van der Waals surface area contributed by atoms with Gasteiger partial charge in [-0.25, -0.2) is 9.97 Å². The van der Waals surface area contributed by atoms with Crippen molar-refractivity contribution in [2.24, 2.45) is 0 Å².